The van der Waals surface area contributed by atoms with Crippen LogP contribution in [0.1, 0.15) is 31.6 Å². The maximum absolute atomic E-state index is 11.5. The van der Waals surface area contributed by atoms with Gasteiger partial charge in [-0.05, 0) is 36.1 Å². The minimum absolute atomic E-state index is 0.317. The van der Waals surface area contributed by atoms with Gasteiger partial charge in [0.05, 0.1) is 18.9 Å². The van der Waals surface area contributed by atoms with Crippen molar-refractivity contribution < 1.29 is 17.9 Å². The van der Waals surface area contributed by atoms with Crippen LogP contribution in [0.5, 0.6) is 0 Å². The molecule has 1 unspecified atom stereocenters. The molecule has 0 saturated carbocycles. The number of hydrogen-bond acceptors (Lipinski definition) is 5. The van der Waals surface area contributed by atoms with Crippen molar-refractivity contribution in [2.75, 3.05) is 31.2 Å². The molecule has 23 heavy (non-hydrogen) atoms. The fourth-order valence-corrected chi connectivity index (χ4v) is 3.63. The third-order valence-corrected chi connectivity index (χ3v) is 4.93. The smallest absolute Gasteiger partial charge is 0.157 e. The number of morpholine rings is 1. The number of fused-ring (bicyclic) bond motifs is 1. The molecule has 1 fully saturated rings. The van der Waals surface area contributed by atoms with Gasteiger partial charge in [0.15, 0.2) is 5.58 Å². The van der Waals surface area contributed by atoms with E-state index >= 15 is 0 Å². The van der Waals surface area contributed by atoms with E-state index in [1.807, 2.05) is 0 Å². The molecule has 126 valence electrons. The van der Waals surface area contributed by atoms with Crippen LogP contribution in [0.15, 0.2) is 21.4 Å². The molecule has 5 nitrogen and oxygen atoms in total. The number of nitrogens with zero attached hydrogens (tertiary/aromatic N) is 1. The van der Waals surface area contributed by atoms with Gasteiger partial charge in [-0.2, -0.15) is 0 Å². The van der Waals surface area contributed by atoms with Crippen LogP contribution < -0.4 is 4.90 Å². The highest BCUT2D eigenvalue weighted by Gasteiger charge is 2.21. The molecule has 2 heterocycles. The first-order chi connectivity index (χ1) is 11.2. The normalized spacial score (nSPS) is 16.9. The topological polar surface area (TPSA) is 65.7 Å². The zero-order valence-corrected chi connectivity index (χ0v) is 14.4. The van der Waals surface area contributed by atoms with E-state index in [4.69, 9.17) is 9.15 Å². The highest BCUT2D eigenvalue weighted by molar-refractivity contribution is 7.79. The van der Waals surface area contributed by atoms with Gasteiger partial charge in [0.2, 0.25) is 0 Å². The van der Waals surface area contributed by atoms with Crippen molar-refractivity contribution >= 4 is 27.7 Å². The van der Waals surface area contributed by atoms with Crippen LogP contribution in [0.3, 0.4) is 0 Å². The molecule has 6 heteroatoms. The highest BCUT2D eigenvalue weighted by atomic mass is 32.2. The van der Waals surface area contributed by atoms with Crippen molar-refractivity contribution in [3.05, 3.63) is 23.5 Å². The van der Waals surface area contributed by atoms with Gasteiger partial charge in [0.25, 0.3) is 0 Å². The Morgan fingerprint density at radius 3 is 2.61 bits per heavy atom. The molecular formula is C17H22NO4S-. The summed E-state index contributed by atoms with van der Waals surface area (Å²) in [7, 11) is 0. The molecule has 1 aliphatic heterocycles. The summed E-state index contributed by atoms with van der Waals surface area (Å²) in [6.07, 6.45) is 2.70. The number of aryl methyl sites for hydroxylation is 2. The van der Waals surface area contributed by atoms with Gasteiger partial charge < -0.3 is 18.6 Å². The van der Waals surface area contributed by atoms with E-state index in [1.165, 1.54) is 0 Å². The SMILES string of the molecule is CCCc1oc2c(N3CCOCC3)cc(S(=O)[O-])cc2c1CC. The maximum Gasteiger partial charge on any atom is 0.157 e. The van der Waals surface area contributed by atoms with E-state index in [1.54, 1.807) is 12.1 Å². The van der Waals surface area contributed by atoms with Crippen LogP contribution in [-0.4, -0.2) is 35.1 Å². The van der Waals surface area contributed by atoms with Gasteiger partial charge in [-0.25, -0.2) is 0 Å². The molecule has 1 atom stereocenters. The van der Waals surface area contributed by atoms with Crippen LogP contribution in [0.2, 0.25) is 0 Å². The fourth-order valence-electron chi connectivity index (χ4n) is 3.21. The van der Waals surface area contributed by atoms with Crippen molar-refractivity contribution in [2.24, 2.45) is 0 Å². The average molecular weight is 336 g/mol. The molecule has 0 N–H and O–H groups in total. The minimum atomic E-state index is -2.25. The summed E-state index contributed by atoms with van der Waals surface area (Å²) in [5, 5.41) is 0.930. The Morgan fingerprint density at radius 2 is 2.00 bits per heavy atom. The Labute approximate surface area is 138 Å². The van der Waals surface area contributed by atoms with Crippen molar-refractivity contribution in [3.8, 4) is 0 Å². The van der Waals surface area contributed by atoms with Gasteiger partial charge in [-0.1, -0.05) is 13.8 Å². The predicted octanol–water partition coefficient (Wildman–Crippen LogP) is 3.02. The van der Waals surface area contributed by atoms with Crippen LogP contribution in [0.25, 0.3) is 11.0 Å². The summed E-state index contributed by atoms with van der Waals surface area (Å²) in [5.41, 5.74) is 2.80. The first kappa shape index (κ1) is 16.5. The van der Waals surface area contributed by atoms with Gasteiger partial charge in [-0.15, -0.1) is 0 Å². The standard InChI is InChI=1S/C17H23NO4S/c1-3-5-16-13(4-2)14-10-12(23(19)20)11-15(17(14)22-16)18-6-8-21-9-7-18/h10-11H,3-9H2,1-2H3,(H,19,20)/p-1. The molecule has 1 aliphatic rings. The number of hydrogen-bond donors (Lipinski definition) is 0. The van der Waals surface area contributed by atoms with Crippen LogP contribution in [0, 0.1) is 0 Å². The van der Waals surface area contributed by atoms with Crippen LogP contribution in [0.4, 0.5) is 5.69 Å². The molecular weight excluding hydrogens is 314 g/mol. The largest absolute Gasteiger partial charge is 0.768 e. The molecule has 1 aromatic carbocycles. The lowest BCUT2D eigenvalue weighted by Crippen LogP contribution is -2.36. The Hall–Kier alpha value is -1.37. The predicted molar refractivity (Wildman–Crippen MR) is 89.8 cm³/mol. The van der Waals surface area contributed by atoms with Gasteiger partial charge in [-0.3, -0.25) is 4.21 Å². The zero-order valence-electron chi connectivity index (χ0n) is 13.6. The summed E-state index contributed by atoms with van der Waals surface area (Å²) < 4.78 is 34.6. The van der Waals surface area contributed by atoms with Gasteiger partial charge in [0, 0.05) is 35.4 Å². The average Bonchev–Trinajstić information content (AvgIpc) is 2.92. The van der Waals surface area contributed by atoms with Crippen molar-refractivity contribution in [2.45, 2.75) is 38.0 Å². The Bertz CT molecular complexity index is 719. The Balaban J connectivity index is 2.21. The lowest BCUT2D eigenvalue weighted by atomic mass is 10.1. The van der Waals surface area contributed by atoms with Crippen molar-refractivity contribution in [1.82, 2.24) is 0 Å². The lowest BCUT2D eigenvalue weighted by molar-refractivity contribution is 0.122. The van der Waals surface area contributed by atoms with Crippen molar-refractivity contribution in [3.63, 3.8) is 0 Å². The van der Waals surface area contributed by atoms with E-state index in [-0.39, 0.29) is 0 Å². The third kappa shape index (κ3) is 3.16. The van der Waals surface area contributed by atoms with Gasteiger partial charge in [0.1, 0.15) is 5.76 Å². The molecule has 1 saturated heterocycles. The monoisotopic (exact) mass is 336 g/mol. The van der Waals surface area contributed by atoms with Crippen LogP contribution >= 0.6 is 0 Å². The highest BCUT2D eigenvalue weighted by Crippen LogP contribution is 2.36. The second-order valence-corrected chi connectivity index (χ2v) is 6.70. The molecule has 2 aromatic rings. The number of furan rings is 1. The quantitative estimate of drug-likeness (QED) is 0.785. The molecule has 0 radical (unpaired) electrons. The number of benzene rings is 1. The van der Waals surface area contributed by atoms with E-state index in [0.29, 0.717) is 18.1 Å². The molecule has 0 aliphatic carbocycles. The summed E-state index contributed by atoms with van der Waals surface area (Å²) >= 11 is -2.25. The first-order valence-corrected chi connectivity index (χ1v) is 9.23. The van der Waals surface area contributed by atoms with E-state index in [0.717, 1.165) is 60.3 Å². The van der Waals surface area contributed by atoms with E-state index in [2.05, 4.69) is 18.7 Å². The number of rotatable bonds is 5. The zero-order chi connectivity index (χ0) is 16.4. The van der Waals surface area contributed by atoms with E-state index in [9.17, 15) is 8.76 Å². The van der Waals surface area contributed by atoms with E-state index < -0.39 is 11.1 Å². The van der Waals surface area contributed by atoms with Gasteiger partial charge >= 0.3 is 0 Å². The molecule has 0 amide bonds. The summed E-state index contributed by atoms with van der Waals surface area (Å²) in [6.45, 7) is 6.99. The lowest BCUT2D eigenvalue weighted by Gasteiger charge is -2.29. The van der Waals surface area contributed by atoms with Crippen molar-refractivity contribution in [1.29, 1.82) is 0 Å². The van der Waals surface area contributed by atoms with Crippen LogP contribution in [-0.2, 0) is 28.7 Å². The second-order valence-electron chi connectivity index (χ2n) is 5.76. The minimum Gasteiger partial charge on any atom is -0.768 e. The molecule has 1 aromatic heterocycles. The summed E-state index contributed by atoms with van der Waals surface area (Å²) in [4.78, 5) is 2.47. The number of anilines is 1. The molecule has 0 bridgehead atoms. The second kappa shape index (κ2) is 7.03. The summed E-state index contributed by atoms with van der Waals surface area (Å²) in [5.74, 6) is 0.980. The number of ether oxygens (including phenoxy) is 1. The first-order valence-electron chi connectivity index (χ1n) is 8.16. The maximum atomic E-state index is 11.5. The molecule has 0 spiro atoms. The Morgan fingerprint density at radius 1 is 1.26 bits per heavy atom. The fraction of sp³-hybridized carbons (Fsp3) is 0.529. The Kier molecular flexibility index (Phi) is 5.04. The summed E-state index contributed by atoms with van der Waals surface area (Å²) in [6, 6.07) is 3.46. The molecule has 3 rings (SSSR count). The third-order valence-electron chi connectivity index (χ3n) is 4.30.